The van der Waals surface area contributed by atoms with E-state index in [2.05, 4.69) is 30.7 Å². The topological polar surface area (TPSA) is 179 Å². The molecule has 3 heterocycles. The van der Waals surface area contributed by atoms with Crippen LogP contribution >= 0.6 is 0 Å². The molecular formula is C36H50N8O7. The Morgan fingerprint density at radius 1 is 1.12 bits per heavy atom. The minimum absolute atomic E-state index is 0.0383. The van der Waals surface area contributed by atoms with Crippen molar-refractivity contribution in [2.24, 2.45) is 11.8 Å². The number of carbonyl (C=O) groups excluding carboxylic acids is 3. The second-order valence-corrected chi connectivity index (χ2v) is 15.0. The van der Waals surface area contributed by atoms with Gasteiger partial charge in [-0.25, -0.2) is 14.6 Å². The van der Waals surface area contributed by atoms with E-state index in [0.29, 0.717) is 41.6 Å². The first kappa shape index (κ1) is 36.1. The zero-order valence-electron chi connectivity index (χ0n) is 30.3. The van der Waals surface area contributed by atoms with Crippen molar-refractivity contribution in [1.29, 1.82) is 0 Å². The SMILES string of the molecule is CC[C@@H]1C(=O)N(C)c2cnc(Nc3ccc(C(=O)NC4C5CN(CC[C@H](NC(=O)OC(C)(C)C)C(=O)O)CC54)cc3OC)nc2N1C1CCCC1. The van der Waals surface area contributed by atoms with Gasteiger partial charge in [-0.15, -0.1) is 0 Å². The molecule has 4 atom stereocenters. The van der Waals surface area contributed by atoms with Crippen LogP contribution in [0.1, 0.15) is 76.6 Å². The maximum atomic E-state index is 13.3. The van der Waals surface area contributed by atoms with E-state index < -0.39 is 23.7 Å². The first-order valence-electron chi connectivity index (χ1n) is 17.9. The zero-order chi connectivity index (χ0) is 36.6. The van der Waals surface area contributed by atoms with Gasteiger partial charge in [-0.05, 0) is 76.5 Å². The molecule has 15 nitrogen and oxygen atoms in total. The summed E-state index contributed by atoms with van der Waals surface area (Å²) in [6, 6.07) is 4.17. The molecule has 51 heavy (non-hydrogen) atoms. The number of methoxy groups -OCH3 is 1. The summed E-state index contributed by atoms with van der Waals surface area (Å²) in [5.41, 5.74) is 1.03. The van der Waals surface area contributed by atoms with Crippen molar-refractivity contribution >= 4 is 47.0 Å². The number of anilines is 4. The third-order valence-corrected chi connectivity index (χ3v) is 10.4. The lowest BCUT2D eigenvalue weighted by molar-refractivity contribution is -0.139. The zero-order valence-corrected chi connectivity index (χ0v) is 30.3. The van der Waals surface area contributed by atoms with Crippen LogP contribution in [-0.2, 0) is 14.3 Å². The molecule has 276 valence electrons. The Labute approximate surface area is 298 Å². The number of hydrogen-bond donors (Lipinski definition) is 4. The van der Waals surface area contributed by atoms with E-state index in [1.54, 1.807) is 64.2 Å². The number of benzene rings is 1. The fourth-order valence-corrected chi connectivity index (χ4v) is 7.76. The molecule has 2 unspecified atom stereocenters. The monoisotopic (exact) mass is 706 g/mol. The summed E-state index contributed by atoms with van der Waals surface area (Å²) in [6.45, 7) is 9.18. The van der Waals surface area contributed by atoms with Crippen molar-refractivity contribution in [2.75, 3.05) is 48.9 Å². The first-order chi connectivity index (χ1) is 24.3. The Hall–Kier alpha value is -4.66. The number of likely N-dealkylation sites (N-methyl/N-ethyl adjacent to an activating group) is 1. The van der Waals surface area contributed by atoms with Gasteiger partial charge in [-0.2, -0.15) is 4.98 Å². The van der Waals surface area contributed by atoms with Crippen molar-refractivity contribution in [3.8, 4) is 5.75 Å². The highest BCUT2D eigenvalue weighted by Gasteiger charge is 2.56. The molecule has 2 aromatic rings. The predicted octanol–water partition coefficient (Wildman–Crippen LogP) is 3.76. The number of amides is 3. The van der Waals surface area contributed by atoms with Gasteiger partial charge in [0.25, 0.3) is 5.91 Å². The number of rotatable bonds is 12. The number of piperidine rings is 1. The van der Waals surface area contributed by atoms with Crippen LogP contribution in [-0.4, -0.2) is 107 Å². The third-order valence-electron chi connectivity index (χ3n) is 10.4. The van der Waals surface area contributed by atoms with Crippen LogP contribution in [0.25, 0.3) is 0 Å². The summed E-state index contributed by atoms with van der Waals surface area (Å²) in [7, 11) is 3.32. The van der Waals surface area contributed by atoms with Gasteiger partial charge in [0.15, 0.2) is 5.82 Å². The Morgan fingerprint density at radius 2 is 1.82 bits per heavy atom. The summed E-state index contributed by atoms with van der Waals surface area (Å²) >= 11 is 0. The van der Waals surface area contributed by atoms with E-state index in [0.717, 1.165) is 44.6 Å². The lowest BCUT2D eigenvalue weighted by Crippen LogP contribution is -2.55. The van der Waals surface area contributed by atoms with Crippen molar-refractivity contribution in [3.63, 3.8) is 0 Å². The quantitative estimate of drug-likeness (QED) is 0.252. The summed E-state index contributed by atoms with van der Waals surface area (Å²) < 4.78 is 10.9. The number of aliphatic carboxylic acids is 1. The highest BCUT2D eigenvalue weighted by molar-refractivity contribution is 6.04. The fraction of sp³-hybridized carbons (Fsp3) is 0.611. The minimum Gasteiger partial charge on any atom is -0.495 e. The van der Waals surface area contributed by atoms with Crippen LogP contribution in [0.2, 0.25) is 0 Å². The van der Waals surface area contributed by atoms with Crippen LogP contribution < -0.4 is 30.5 Å². The average molecular weight is 707 g/mol. The average Bonchev–Trinajstić information content (AvgIpc) is 3.44. The van der Waals surface area contributed by atoms with Gasteiger partial charge in [-0.3, -0.25) is 9.59 Å². The number of alkyl carbamates (subject to hydrolysis) is 1. The molecule has 6 rings (SSSR count). The molecule has 1 aromatic carbocycles. The highest BCUT2D eigenvalue weighted by atomic mass is 16.6. The van der Waals surface area contributed by atoms with Gasteiger partial charge in [0.05, 0.1) is 19.0 Å². The number of carboxylic acid groups (broad SMARTS) is 1. The molecule has 0 spiro atoms. The number of nitrogens with zero attached hydrogens (tertiary/aromatic N) is 5. The van der Waals surface area contributed by atoms with Gasteiger partial charge >= 0.3 is 12.1 Å². The number of aromatic nitrogens is 2. The molecule has 2 aliphatic heterocycles. The lowest BCUT2D eigenvalue weighted by Gasteiger charge is -2.43. The summed E-state index contributed by atoms with van der Waals surface area (Å²) in [4.78, 5) is 65.8. The Morgan fingerprint density at radius 3 is 2.45 bits per heavy atom. The van der Waals surface area contributed by atoms with Crippen molar-refractivity contribution in [2.45, 2.75) is 96.0 Å². The van der Waals surface area contributed by atoms with Gasteiger partial charge in [0.1, 0.15) is 29.1 Å². The van der Waals surface area contributed by atoms with Crippen molar-refractivity contribution in [3.05, 3.63) is 30.0 Å². The summed E-state index contributed by atoms with van der Waals surface area (Å²) in [6.07, 6.45) is 6.19. The van der Waals surface area contributed by atoms with Gasteiger partial charge in [0, 0.05) is 44.3 Å². The maximum Gasteiger partial charge on any atom is 0.408 e. The number of carboxylic acids is 1. The molecule has 1 aromatic heterocycles. The van der Waals surface area contributed by atoms with Crippen LogP contribution in [0.5, 0.6) is 5.75 Å². The standard InChI is InChI=1S/C36H50N8O7/c1-7-26-32(46)42(5)27-17-37-34(41-30(27)44(26)21-10-8-9-11-21)38-24-13-12-20(16-28(24)50-6)31(45)40-29-22-18-43(19-23(22)29)15-14-25(33(47)48)39-35(49)51-36(2,3)4/h12-13,16-17,21-23,25-26,29H,7-11,14-15,18-19H2,1-6H3,(H,39,49)(H,40,45)(H,47,48)(H,37,38,41)/t22?,23?,25-,26+,29?/m0/s1. The normalized spacial score (nSPS) is 23.7. The molecule has 4 N–H and O–H groups in total. The van der Waals surface area contributed by atoms with E-state index in [9.17, 15) is 24.3 Å². The van der Waals surface area contributed by atoms with Gasteiger partial charge in [-0.1, -0.05) is 19.8 Å². The molecule has 2 aliphatic carbocycles. The number of fused-ring (bicyclic) bond motifs is 2. The van der Waals surface area contributed by atoms with E-state index in [-0.39, 0.29) is 48.2 Å². The summed E-state index contributed by atoms with van der Waals surface area (Å²) in [5.74, 6) is 0.896. The Kier molecular flexibility index (Phi) is 10.3. The molecule has 2 saturated carbocycles. The summed E-state index contributed by atoms with van der Waals surface area (Å²) in [5, 5.41) is 18.5. The molecule has 3 amide bonds. The van der Waals surface area contributed by atoms with Gasteiger partial charge < -0.3 is 45.2 Å². The smallest absolute Gasteiger partial charge is 0.408 e. The molecule has 3 fully saturated rings. The van der Waals surface area contributed by atoms with Gasteiger partial charge in [0.2, 0.25) is 11.9 Å². The number of hydrogen-bond acceptors (Lipinski definition) is 11. The molecule has 4 aliphatic rings. The third kappa shape index (κ3) is 7.82. The second kappa shape index (κ2) is 14.5. The Bertz CT molecular complexity index is 1650. The Balaban J connectivity index is 1.05. The fourth-order valence-electron chi connectivity index (χ4n) is 7.76. The van der Waals surface area contributed by atoms with Crippen LogP contribution in [0.15, 0.2) is 24.4 Å². The minimum atomic E-state index is -1.11. The number of nitrogens with one attached hydrogen (secondary N) is 3. The van der Waals surface area contributed by atoms with Crippen LogP contribution in [0.4, 0.5) is 27.9 Å². The largest absolute Gasteiger partial charge is 0.495 e. The van der Waals surface area contributed by atoms with E-state index in [1.165, 1.54) is 0 Å². The maximum absolute atomic E-state index is 13.3. The molecule has 0 bridgehead atoms. The first-order valence-corrected chi connectivity index (χ1v) is 17.9. The number of carbonyl (C=O) groups is 4. The van der Waals surface area contributed by atoms with Crippen LogP contribution in [0.3, 0.4) is 0 Å². The lowest BCUT2D eigenvalue weighted by atomic mass is 10.0. The molecule has 1 saturated heterocycles. The second-order valence-electron chi connectivity index (χ2n) is 15.0. The predicted molar refractivity (Wildman–Crippen MR) is 191 cm³/mol. The molecule has 15 heteroatoms. The highest BCUT2D eigenvalue weighted by Crippen LogP contribution is 2.46. The van der Waals surface area contributed by atoms with Crippen LogP contribution in [0, 0.1) is 11.8 Å². The van der Waals surface area contributed by atoms with E-state index in [4.69, 9.17) is 14.5 Å². The molecule has 0 radical (unpaired) electrons. The number of likely N-dealkylation sites (tertiary alicyclic amines) is 1. The van der Waals surface area contributed by atoms with E-state index in [1.807, 2.05) is 6.92 Å². The van der Waals surface area contributed by atoms with E-state index >= 15 is 0 Å². The van der Waals surface area contributed by atoms with Crippen molar-refractivity contribution < 1.29 is 33.8 Å². The molecular weight excluding hydrogens is 656 g/mol. The van der Waals surface area contributed by atoms with Crippen molar-refractivity contribution in [1.82, 2.24) is 25.5 Å². The number of ether oxygens (including phenoxy) is 2.